The Kier molecular flexibility index (Phi) is 4.06. The van der Waals surface area contributed by atoms with Crippen molar-refractivity contribution in [2.75, 3.05) is 13.1 Å². The highest BCUT2D eigenvalue weighted by atomic mass is 35.5. The Bertz CT molecular complexity index is 758. The molecule has 1 aromatic carbocycles. The van der Waals surface area contributed by atoms with Crippen molar-refractivity contribution in [3.8, 4) is 11.3 Å². The lowest BCUT2D eigenvalue weighted by Gasteiger charge is -2.27. The number of fused-ring (bicyclic) bond motifs is 2. The van der Waals surface area contributed by atoms with E-state index in [2.05, 4.69) is 15.3 Å². The van der Waals surface area contributed by atoms with E-state index in [0.29, 0.717) is 22.3 Å². The van der Waals surface area contributed by atoms with Gasteiger partial charge < -0.3 is 10.2 Å². The number of rotatable bonds is 2. The van der Waals surface area contributed by atoms with Crippen molar-refractivity contribution in [2.45, 2.75) is 31.3 Å². The van der Waals surface area contributed by atoms with Crippen molar-refractivity contribution < 1.29 is 4.79 Å². The van der Waals surface area contributed by atoms with Crippen LogP contribution in [0.5, 0.6) is 0 Å². The second-order valence-corrected chi connectivity index (χ2v) is 7.04. The summed E-state index contributed by atoms with van der Waals surface area (Å²) < 4.78 is 1.70. The Labute approximate surface area is 146 Å². The molecule has 1 aromatic heterocycles. The smallest absolute Gasteiger partial charge is 0.258 e. The molecule has 0 radical (unpaired) electrons. The van der Waals surface area contributed by atoms with Crippen LogP contribution in [0.4, 0.5) is 0 Å². The van der Waals surface area contributed by atoms with Crippen LogP contribution in [0.3, 0.4) is 0 Å². The SMILES string of the molecule is Cn1cc(C(=O)N2C3CCNCC2CC3)c(-c2ccccc2Cl)n1. The van der Waals surface area contributed by atoms with E-state index in [-0.39, 0.29) is 11.9 Å². The molecule has 24 heavy (non-hydrogen) atoms. The molecule has 2 unspecified atom stereocenters. The number of nitrogens with one attached hydrogen (secondary N) is 1. The van der Waals surface area contributed by atoms with Crippen molar-refractivity contribution in [3.05, 3.63) is 41.0 Å². The van der Waals surface area contributed by atoms with Gasteiger partial charge in [-0.1, -0.05) is 29.8 Å². The lowest BCUT2D eigenvalue weighted by Crippen LogP contribution is -2.42. The van der Waals surface area contributed by atoms with E-state index in [0.717, 1.165) is 37.9 Å². The molecular formula is C18H21ClN4O. The summed E-state index contributed by atoms with van der Waals surface area (Å²) in [5.74, 6) is 0.0780. The van der Waals surface area contributed by atoms with Crippen molar-refractivity contribution in [2.24, 2.45) is 7.05 Å². The number of halogens is 1. The molecule has 2 saturated heterocycles. The normalized spacial score (nSPS) is 23.3. The molecule has 2 aliphatic rings. The minimum absolute atomic E-state index is 0.0780. The first kappa shape index (κ1) is 15.7. The van der Waals surface area contributed by atoms with Crippen LogP contribution in [-0.4, -0.2) is 45.8 Å². The minimum Gasteiger partial charge on any atom is -0.331 e. The predicted molar refractivity (Wildman–Crippen MR) is 94.1 cm³/mol. The zero-order valence-electron chi connectivity index (χ0n) is 13.7. The maximum atomic E-state index is 13.3. The molecule has 6 heteroatoms. The zero-order valence-corrected chi connectivity index (χ0v) is 14.5. The molecule has 126 valence electrons. The summed E-state index contributed by atoms with van der Waals surface area (Å²) in [5, 5.41) is 8.58. The molecule has 2 aliphatic heterocycles. The summed E-state index contributed by atoms with van der Waals surface area (Å²) in [6, 6.07) is 8.17. The number of aryl methyl sites for hydroxylation is 1. The minimum atomic E-state index is 0.0780. The van der Waals surface area contributed by atoms with E-state index in [4.69, 9.17) is 11.6 Å². The third-order valence-corrected chi connectivity index (χ3v) is 5.41. The molecular weight excluding hydrogens is 324 g/mol. The molecule has 1 N–H and O–H groups in total. The molecule has 0 aliphatic carbocycles. The van der Waals surface area contributed by atoms with Gasteiger partial charge in [-0.05, 0) is 31.9 Å². The fourth-order valence-electron chi connectivity index (χ4n) is 3.95. The van der Waals surface area contributed by atoms with E-state index in [1.165, 1.54) is 0 Å². The first-order valence-corrected chi connectivity index (χ1v) is 8.85. The molecule has 2 atom stereocenters. The second kappa shape index (κ2) is 6.22. The number of nitrogens with zero attached hydrogens (tertiary/aromatic N) is 3. The molecule has 4 rings (SSSR count). The highest BCUT2D eigenvalue weighted by molar-refractivity contribution is 6.33. The zero-order chi connectivity index (χ0) is 16.7. The topological polar surface area (TPSA) is 50.2 Å². The Hall–Kier alpha value is -1.85. The number of carbonyl (C=O) groups excluding carboxylic acids is 1. The van der Waals surface area contributed by atoms with E-state index >= 15 is 0 Å². The first-order chi connectivity index (χ1) is 11.6. The fourth-order valence-corrected chi connectivity index (χ4v) is 4.18. The highest BCUT2D eigenvalue weighted by Gasteiger charge is 2.39. The van der Waals surface area contributed by atoms with Crippen molar-refractivity contribution >= 4 is 17.5 Å². The molecule has 1 amide bonds. The molecule has 5 nitrogen and oxygen atoms in total. The molecule has 0 saturated carbocycles. The van der Waals surface area contributed by atoms with Gasteiger partial charge in [-0.3, -0.25) is 9.48 Å². The van der Waals surface area contributed by atoms with Gasteiger partial charge in [0.05, 0.1) is 10.6 Å². The number of hydrogen-bond acceptors (Lipinski definition) is 3. The lowest BCUT2D eigenvalue weighted by atomic mass is 10.1. The Balaban J connectivity index is 1.75. The maximum Gasteiger partial charge on any atom is 0.258 e. The fraction of sp³-hybridized carbons (Fsp3) is 0.444. The number of benzene rings is 1. The van der Waals surface area contributed by atoms with Gasteiger partial charge in [0.25, 0.3) is 5.91 Å². The summed E-state index contributed by atoms with van der Waals surface area (Å²) in [6.45, 7) is 1.86. The highest BCUT2D eigenvalue weighted by Crippen LogP contribution is 2.34. The number of aromatic nitrogens is 2. The predicted octanol–water partition coefficient (Wildman–Crippen LogP) is 2.71. The van der Waals surface area contributed by atoms with Gasteiger partial charge in [-0.25, -0.2) is 0 Å². The van der Waals surface area contributed by atoms with Crippen LogP contribution in [0.2, 0.25) is 5.02 Å². The Morgan fingerprint density at radius 3 is 2.88 bits per heavy atom. The standard InChI is InChI=1S/C18H21ClN4O/c1-22-11-15(17(21-22)14-4-2-3-5-16(14)19)18(24)23-12-6-7-13(23)10-20-9-8-12/h2-5,11-13,20H,6-10H2,1H3. The van der Waals surface area contributed by atoms with Gasteiger partial charge in [0.15, 0.2) is 0 Å². The van der Waals surface area contributed by atoms with E-state index in [9.17, 15) is 4.79 Å². The van der Waals surface area contributed by atoms with Crippen LogP contribution in [0.25, 0.3) is 11.3 Å². The molecule has 3 heterocycles. The average molecular weight is 345 g/mol. The number of hydrogen-bond donors (Lipinski definition) is 1. The third kappa shape index (κ3) is 2.62. The van der Waals surface area contributed by atoms with Gasteiger partial charge >= 0.3 is 0 Å². The number of carbonyl (C=O) groups is 1. The van der Waals surface area contributed by atoms with Gasteiger partial charge in [-0.15, -0.1) is 0 Å². The van der Waals surface area contributed by atoms with Crippen LogP contribution in [-0.2, 0) is 7.05 Å². The van der Waals surface area contributed by atoms with Gasteiger partial charge in [-0.2, -0.15) is 5.10 Å². The average Bonchev–Trinajstić information content (AvgIpc) is 3.06. The van der Waals surface area contributed by atoms with E-state index < -0.39 is 0 Å². The van der Waals surface area contributed by atoms with Crippen LogP contribution >= 0.6 is 11.6 Å². The quantitative estimate of drug-likeness (QED) is 0.911. The van der Waals surface area contributed by atoms with Crippen LogP contribution in [0.1, 0.15) is 29.6 Å². The second-order valence-electron chi connectivity index (χ2n) is 6.64. The van der Waals surface area contributed by atoms with Gasteiger partial charge in [0.1, 0.15) is 5.69 Å². The summed E-state index contributed by atoms with van der Waals surface area (Å²) in [7, 11) is 1.84. The lowest BCUT2D eigenvalue weighted by molar-refractivity contribution is 0.0681. The molecule has 2 aromatic rings. The summed E-state index contributed by atoms with van der Waals surface area (Å²) in [4.78, 5) is 15.4. The van der Waals surface area contributed by atoms with Crippen LogP contribution < -0.4 is 5.32 Å². The van der Waals surface area contributed by atoms with E-state index in [1.807, 2.05) is 37.5 Å². The van der Waals surface area contributed by atoms with Crippen molar-refractivity contribution in [3.63, 3.8) is 0 Å². The summed E-state index contributed by atoms with van der Waals surface area (Å²) in [6.07, 6.45) is 5.01. The van der Waals surface area contributed by atoms with Crippen LogP contribution in [0.15, 0.2) is 30.5 Å². The van der Waals surface area contributed by atoms with E-state index in [1.54, 1.807) is 4.68 Å². The molecule has 2 bridgehead atoms. The van der Waals surface area contributed by atoms with Crippen molar-refractivity contribution in [1.82, 2.24) is 20.0 Å². The summed E-state index contributed by atoms with van der Waals surface area (Å²) in [5.41, 5.74) is 2.12. The van der Waals surface area contributed by atoms with Gasteiger partial charge in [0, 0.05) is 37.4 Å². The molecule has 2 fully saturated rings. The van der Waals surface area contributed by atoms with Gasteiger partial charge in [0.2, 0.25) is 0 Å². The maximum absolute atomic E-state index is 13.3. The Morgan fingerprint density at radius 1 is 1.25 bits per heavy atom. The first-order valence-electron chi connectivity index (χ1n) is 8.47. The third-order valence-electron chi connectivity index (χ3n) is 5.08. The Morgan fingerprint density at radius 2 is 2.04 bits per heavy atom. The summed E-state index contributed by atoms with van der Waals surface area (Å²) >= 11 is 6.34. The number of amides is 1. The van der Waals surface area contributed by atoms with Crippen molar-refractivity contribution in [1.29, 1.82) is 0 Å². The van der Waals surface area contributed by atoms with Crippen LogP contribution in [0, 0.1) is 0 Å². The largest absolute Gasteiger partial charge is 0.331 e. The monoisotopic (exact) mass is 344 g/mol. The molecule has 0 spiro atoms.